The minimum Gasteiger partial charge on any atom is -0.396 e. The van der Waals surface area contributed by atoms with Crippen LogP contribution < -0.4 is 11.1 Å². The summed E-state index contributed by atoms with van der Waals surface area (Å²) in [5.41, 5.74) is 12.2. The van der Waals surface area contributed by atoms with Gasteiger partial charge in [-0.2, -0.15) is 0 Å². The number of nitrogen functional groups attached to an aromatic ring is 1. The van der Waals surface area contributed by atoms with E-state index < -0.39 is 0 Å². The molecule has 2 aromatic carbocycles. The van der Waals surface area contributed by atoms with Crippen molar-refractivity contribution in [1.82, 2.24) is 4.98 Å². The molecule has 0 atom stereocenters. The van der Waals surface area contributed by atoms with E-state index in [2.05, 4.69) is 36.3 Å². The van der Waals surface area contributed by atoms with Crippen molar-refractivity contribution in [1.29, 1.82) is 0 Å². The number of aromatic nitrogens is 1. The first-order valence-electron chi connectivity index (χ1n) is 6.63. The van der Waals surface area contributed by atoms with Gasteiger partial charge in [0.05, 0.1) is 23.1 Å². The average Bonchev–Trinajstić information content (AvgIpc) is 2.46. The molecule has 3 N–H and O–H groups in total. The van der Waals surface area contributed by atoms with Crippen LogP contribution in [0.2, 0.25) is 0 Å². The van der Waals surface area contributed by atoms with Crippen molar-refractivity contribution in [2.24, 2.45) is 0 Å². The third-order valence-electron chi connectivity index (χ3n) is 3.67. The van der Waals surface area contributed by atoms with Crippen LogP contribution in [0.4, 0.5) is 17.1 Å². The van der Waals surface area contributed by atoms with Gasteiger partial charge in [0, 0.05) is 11.1 Å². The zero-order valence-corrected chi connectivity index (χ0v) is 11.6. The summed E-state index contributed by atoms with van der Waals surface area (Å²) in [6.07, 6.45) is 1.70. The molecule has 0 radical (unpaired) electrons. The number of para-hydroxylation sites is 1. The molecule has 1 aromatic heterocycles. The van der Waals surface area contributed by atoms with Crippen molar-refractivity contribution in [2.75, 3.05) is 11.1 Å². The smallest absolute Gasteiger partial charge is 0.0746 e. The van der Waals surface area contributed by atoms with Crippen LogP contribution in [0.25, 0.3) is 10.9 Å². The molecule has 3 heteroatoms. The van der Waals surface area contributed by atoms with E-state index in [-0.39, 0.29) is 0 Å². The maximum absolute atomic E-state index is 6.10. The number of nitrogens with zero attached hydrogens (tertiary/aromatic N) is 1. The van der Waals surface area contributed by atoms with Gasteiger partial charge in [-0.3, -0.25) is 4.98 Å². The fraction of sp³-hybridized carbons (Fsp3) is 0.118. The van der Waals surface area contributed by atoms with E-state index in [1.54, 1.807) is 6.20 Å². The maximum Gasteiger partial charge on any atom is 0.0746 e. The highest BCUT2D eigenvalue weighted by molar-refractivity contribution is 5.98. The molecule has 0 aliphatic heterocycles. The number of nitrogens with two attached hydrogens (primary N) is 1. The number of aryl methyl sites for hydroxylation is 1. The zero-order chi connectivity index (χ0) is 14.1. The second kappa shape index (κ2) is 4.85. The first kappa shape index (κ1) is 12.5. The molecule has 0 aliphatic carbocycles. The lowest BCUT2D eigenvalue weighted by molar-refractivity contribution is 1.33. The minimum absolute atomic E-state index is 0.657. The quantitative estimate of drug-likeness (QED) is 0.729. The van der Waals surface area contributed by atoms with Crippen LogP contribution in [0.1, 0.15) is 11.1 Å². The van der Waals surface area contributed by atoms with Crippen molar-refractivity contribution >= 4 is 28.0 Å². The predicted octanol–water partition coefficient (Wildman–Crippen LogP) is 4.18. The molecular formula is C17H17N3. The lowest BCUT2D eigenvalue weighted by atomic mass is 10.1. The van der Waals surface area contributed by atoms with E-state index in [4.69, 9.17) is 5.73 Å². The van der Waals surface area contributed by atoms with E-state index in [0.717, 1.165) is 22.3 Å². The number of nitrogens with one attached hydrogen (secondary N) is 1. The molecular weight excluding hydrogens is 246 g/mol. The van der Waals surface area contributed by atoms with Crippen molar-refractivity contribution in [2.45, 2.75) is 13.8 Å². The predicted molar refractivity (Wildman–Crippen MR) is 85.4 cm³/mol. The highest BCUT2D eigenvalue weighted by atomic mass is 14.9. The summed E-state index contributed by atoms with van der Waals surface area (Å²) in [4.78, 5) is 4.36. The van der Waals surface area contributed by atoms with Crippen LogP contribution in [-0.4, -0.2) is 4.98 Å². The molecule has 0 unspecified atom stereocenters. The van der Waals surface area contributed by atoms with Gasteiger partial charge in [0.1, 0.15) is 0 Å². The molecule has 20 heavy (non-hydrogen) atoms. The molecule has 3 aromatic rings. The molecule has 0 saturated heterocycles. The Morgan fingerprint density at radius 3 is 2.65 bits per heavy atom. The van der Waals surface area contributed by atoms with Gasteiger partial charge in [0.2, 0.25) is 0 Å². The van der Waals surface area contributed by atoms with Gasteiger partial charge in [-0.15, -0.1) is 0 Å². The van der Waals surface area contributed by atoms with E-state index in [0.29, 0.717) is 5.69 Å². The number of rotatable bonds is 2. The van der Waals surface area contributed by atoms with Gasteiger partial charge >= 0.3 is 0 Å². The Kier molecular flexibility index (Phi) is 3.03. The highest BCUT2D eigenvalue weighted by Crippen LogP contribution is 2.32. The Morgan fingerprint density at radius 2 is 1.80 bits per heavy atom. The first-order valence-corrected chi connectivity index (χ1v) is 6.63. The summed E-state index contributed by atoms with van der Waals surface area (Å²) < 4.78 is 0. The molecule has 0 amide bonds. The SMILES string of the molecule is Cc1cccc(Nc2c(N)cnc3ccccc23)c1C. The highest BCUT2D eigenvalue weighted by Gasteiger charge is 2.08. The Balaban J connectivity index is 2.15. The fourth-order valence-electron chi connectivity index (χ4n) is 2.32. The van der Waals surface area contributed by atoms with Crippen LogP contribution in [0.15, 0.2) is 48.7 Å². The molecule has 0 bridgehead atoms. The number of fused-ring (bicyclic) bond motifs is 1. The van der Waals surface area contributed by atoms with Crippen molar-refractivity contribution in [3.8, 4) is 0 Å². The van der Waals surface area contributed by atoms with Crippen LogP contribution in [-0.2, 0) is 0 Å². The topological polar surface area (TPSA) is 50.9 Å². The molecule has 0 saturated carbocycles. The van der Waals surface area contributed by atoms with Gasteiger partial charge in [-0.1, -0.05) is 30.3 Å². The summed E-state index contributed by atoms with van der Waals surface area (Å²) >= 11 is 0. The summed E-state index contributed by atoms with van der Waals surface area (Å²) in [7, 11) is 0. The van der Waals surface area contributed by atoms with Crippen LogP contribution >= 0.6 is 0 Å². The minimum atomic E-state index is 0.657. The lowest BCUT2D eigenvalue weighted by Gasteiger charge is -2.15. The molecule has 3 rings (SSSR count). The third kappa shape index (κ3) is 2.07. The number of hydrogen-bond acceptors (Lipinski definition) is 3. The van der Waals surface area contributed by atoms with Gasteiger partial charge in [0.25, 0.3) is 0 Å². The Morgan fingerprint density at radius 1 is 1.00 bits per heavy atom. The normalized spacial score (nSPS) is 10.7. The second-order valence-corrected chi connectivity index (χ2v) is 4.98. The summed E-state index contributed by atoms with van der Waals surface area (Å²) in [6, 6.07) is 14.2. The number of hydrogen-bond donors (Lipinski definition) is 2. The van der Waals surface area contributed by atoms with Crippen LogP contribution in [0.3, 0.4) is 0 Å². The van der Waals surface area contributed by atoms with E-state index >= 15 is 0 Å². The standard InChI is InChI=1S/C17H17N3/c1-11-6-5-9-15(12(11)2)20-17-13-7-3-4-8-16(13)19-10-14(17)18/h3-10H,18H2,1-2H3,(H,19,20). The monoisotopic (exact) mass is 263 g/mol. The maximum atomic E-state index is 6.10. The molecule has 100 valence electrons. The van der Waals surface area contributed by atoms with Gasteiger partial charge in [0.15, 0.2) is 0 Å². The second-order valence-electron chi connectivity index (χ2n) is 4.98. The molecule has 0 fully saturated rings. The van der Waals surface area contributed by atoms with E-state index in [9.17, 15) is 0 Å². The lowest BCUT2D eigenvalue weighted by Crippen LogP contribution is -2.00. The zero-order valence-electron chi connectivity index (χ0n) is 11.6. The Bertz CT molecular complexity index is 778. The van der Waals surface area contributed by atoms with E-state index in [1.807, 2.05) is 30.3 Å². The number of pyridine rings is 1. The van der Waals surface area contributed by atoms with Gasteiger partial charge < -0.3 is 11.1 Å². The Hall–Kier alpha value is -2.55. The van der Waals surface area contributed by atoms with Gasteiger partial charge in [-0.25, -0.2) is 0 Å². The fourth-order valence-corrected chi connectivity index (χ4v) is 2.32. The summed E-state index contributed by atoms with van der Waals surface area (Å²) in [6.45, 7) is 4.21. The molecule has 0 aliphatic rings. The third-order valence-corrected chi connectivity index (χ3v) is 3.67. The van der Waals surface area contributed by atoms with Gasteiger partial charge in [-0.05, 0) is 37.1 Å². The Labute approximate surface area is 118 Å². The van der Waals surface area contributed by atoms with Crippen molar-refractivity contribution in [3.63, 3.8) is 0 Å². The van der Waals surface area contributed by atoms with Crippen molar-refractivity contribution in [3.05, 3.63) is 59.8 Å². The first-order chi connectivity index (χ1) is 9.66. The largest absolute Gasteiger partial charge is 0.396 e. The molecule has 3 nitrogen and oxygen atoms in total. The van der Waals surface area contributed by atoms with Crippen LogP contribution in [0.5, 0.6) is 0 Å². The van der Waals surface area contributed by atoms with Crippen LogP contribution in [0, 0.1) is 13.8 Å². The molecule has 0 spiro atoms. The average molecular weight is 263 g/mol. The number of anilines is 3. The number of benzene rings is 2. The summed E-state index contributed by atoms with van der Waals surface area (Å²) in [5.74, 6) is 0. The van der Waals surface area contributed by atoms with Crippen molar-refractivity contribution < 1.29 is 0 Å². The molecule has 1 heterocycles. The van der Waals surface area contributed by atoms with E-state index in [1.165, 1.54) is 11.1 Å². The summed E-state index contributed by atoms with van der Waals surface area (Å²) in [5, 5.41) is 4.49.